The maximum atomic E-state index is 14.2. The Labute approximate surface area is 220 Å². The lowest BCUT2D eigenvalue weighted by atomic mass is 10.0. The van der Waals surface area contributed by atoms with Crippen LogP contribution < -0.4 is 9.46 Å². The van der Waals surface area contributed by atoms with Crippen molar-refractivity contribution in [2.24, 2.45) is 0 Å². The summed E-state index contributed by atoms with van der Waals surface area (Å²) >= 11 is 0. The third kappa shape index (κ3) is 5.90. The fourth-order valence-corrected chi connectivity index (χ4v) is 4.98. The Bertz CT molecular complexity index is 1650. The van der Waals surface area contributed by atoms with Gasteiger partial charge >= 0.3 is 0 Å². The van der Waals surface area contributed by atoms with Gasteiger partial charge in [0.1, 0.15) is 22.2 Å². The Morgan fingerprint density at radius 1 is 1.00 bits per heavy atom. The van der Waals surface area contributed by atoms with Crippen LogP contribution in [0.2, 0.25) is 0 Å². The quantitative estimate of drug-likeness (QED) is 0.316. The molecule has 0 atom stereocenters. The predicted molar refractivity (Wildman–Crippen MR) is 143 cm³/mol. The molecule has 0 aliphatic rings. The molecule has 0 spiro atoms. The number of hydrogen-bond acceptors (Lipinski definition) is 6. The molecular formula is C28H26F2N4O3S. The Kier molecular flexibility index (Phi) is 8.20. The third-order valence-electron chi connectivity index (χ3n) is 5.97. The van der Waals surface area contributed by atoms with Crippen LogP contribution in [0.25, 0.3) is 22.0 Å². The van der Waals surface area contributed by atoms with Crippen molar-refractivity contribution in [2.45, 2.75) is 18.7 Å². The molecule has 0 radical (unpaired) electrons. The van der Waals surface area contributed by atoms with Crippen molar-refractivity contribution in [1.29, 1.82) is 0 Å². The summed E-state index contributed by atoms with van der Waals surface area (Å²) in [6.07, 6.45) is 3.25. The molecule has 4 rings (SSSR count). The molecule has 0 saturated heterocycles. The smallest absolute Gasteiger partial charge is 0.264 e. The Morgan fingerprint density at radius 3 is 2.50 bits per heavy atom. The van der Waals surface area contributed by atoms with Gasteiger partial charge in [0.05, 0.1) is 19.2 Å². The number of nitrogens with one attached hydrogen (secondary N) is 1. The molecule has 2 aromatic heterocycles. The SMILES string of the molecule is CCN(CC)CC#Cc1ccnc2ccc(-c3cnc(OC)c(NS(=O)(=O)c4ccc(F)cc4F)c3)cc12. The lowest BCUT2D eigenvalue weighted by Gasteiger charge is -2.14. The van der Waals surface area contributed by atoms with Gasteiger partial charge in [0.25, 0.3) is 10.0 Å². The van der Waals surface area contributed by atoms with Crippen LogP contribution in [-0.4, -0.2) is 50.0 Å². The van der Waals surface area contributed by atoms with E-state index < -0.39 is 26.6 Å². The van der Waals surface area contributed by atoms with Crippen molar-refractivity contribution in [1.82, 2.24) is 14.9 Å². The van der Waals surface area contributed by atoms with Crippen molar-refractivity contribution < 1.29 is 21.9 Å². The molecule has 0 bridgehead atoms. The van der Waals surface area contributed by atoms with Gasteiger partial charge in [-0.2, -0.15) is 0 Å². The van der Waals surface area contributed by atoms with E-state index in [1.54, 1.807) is 12.4 Å². The van der Waals surface area contributed by atoms with Crippen molar-refractivity contribution in [3.05, 3.63) is 78.1 Å². The summed E-state index contributed by atoms with van der Waals surface area (Å²) in [5.74, 6) is 4.35. The summed E-state index contributed by atoms with van der Waals surface area (Å²) in [5, 5.41) is 0.836. The van der Waals surface area contributed by atoms with E-state index in [9.17, 15) is 17.2 Å². The standard InChI is InChI=1S/C28H26F2N4O3S/c1-4-34(5-2)14-6-7-19-12-13-31-25-10-8-20(15-23(19)25)21-16-26(28(37-3)32-18-21)33-38(35,36)27-11-9-22(29)17-24(27)30/h8-13,15-18,33H,4-5,14H2,1-3H3. The number of benzene rings is 2. The summed E-state index contributed by atoms with van der Waals surface area (Å²) in [6.45, 7) is 6.66. The maximum Gasteiger partial charge on any atom is 0.264 e. The van der Waals surface area contributed by atoms with Gasteiger partial charge in [-0.1, -0.05) is 31.8 Å². The van der Waals surface area contributed by atoms with Crippen molar-refractivity contribution in [3.63, 3.8) is 0 Å². The minimum Gasteiger partial charge on any atom is -0.480 e. The highest BCUT2D eigenvalue weighted by Gasteiger charge is 2.22. The number of ether oxygens (including phenoxy) is 1. The number of halogens is 2. The number of pyridine rings is 2. The van der Waals surface area contributed by atoms with Crippen molar-refractivity contribution in [2.75, 3.05) is 31.5 Å². The molecule has 1 N–H and O–H groups in total. The minimum absolute atomic E-state index is 0.000698. The minimum atomic E-state index is -4.40. The van der Waals surface area contributed by atoms with Gasteiger partial charge in [0.15, 0.2) is 0 Å². The molecule has 10 heteroatoms. The van der Waals surface area contributed by atoms with Gasteiger partial charge in [-0.05, 0) is 55.1 Å². The first kappa shape index (κ1) is 27.0. The molecule has 7 nitrogen and oxygen atoms in total. The lowest BCUT2D eigenvalue weighted by Crippen LogP contribution is -2.22. The van der Waals surface area contributed by atoms with Gasteiger partial charge in [0.2, 0.25) is 5.88 Å². The van der Waals surface area contributed by atoms with Crippen LogP contribution in [0, 0.1) is 23.5 Å². The molecule has 4 aromatic rings. The highest BCUT2D eigenvalue weighted by Crippen LogP contribution is 2.32. The molecule has 38 heavy (non-hydrogen) atoms. The van der Waals surface area contributed by atoms with E-state index in [2.05, 4.69) is 45.3 Å². The zero-order chi connectivity index (χ0) is 27.3. The number of nitrogens with zero attached hydrogens (tertiary/aromatic N) is 3. The van der Waals surface area contributed by atoms with Gasteiger partial charge in [-0.25, -0.2) is 22.2 Å². The molecule has 2 heterocycles. The zero-order valence-electron chi connectivity index (χ0n) is 21.1. The van der Waals surface area contributed by atoms with Crippen molar-refractivity contribution >= 4 is 26.6 Å². The summed E-state index contributed by atoms with van der Waals surface area (Å²) in [6, 6.07) is 11.2. The number of rotatable bonds is 8. The highest BCUT2D eigenvalue weighted by molar-refractivity contribution is 7.92. The van der Waals surface area contributed by atoms with Crippen LogP contribution in [0.1, 0.15) is 19.4 Å². The fraction of sp³-hybridized carbons (Fsp3) is 0.214. The van der Waals surface area contributed by atoms with Gasteiger partial charge in [0, 0.05) is 35.0 Å². The topological polar surface area (TPSA) is 84.4 Å². The number of fused-ring (bicyclic) bond motifs is 1. The molecule has 0 aliphatic carbocycles. The van der Waals surface area contributed by atoms with E-state index in [0.717, 1.165) is 47.3 Å². The molecular weight excluding hydrogens is 510 g/mol. The highest BCUT2D eigenvalue weighted by atomic mass is 32.2. The van der Waals surface area contributed by atoms with Crippen LogP contribution in [0.3, 0.4) is 0 Å². The molecule has 0 unspecified atom stereocenters. The summed E-state index contributed by atoms with van der Waals surface area (Å²) in [5.41, 5.74) is 2.90. The van der Waals surface area contributed by atoms with E-state index in [1.165, 1.54) is 13.2 Å². The van der Waals surface area contributed by atoms with E-state index >= 15 is 0 Å². The molecule has 0 aliphatic heterocycles. The average Bonchev–Trinajstić information content (AvgIpc) is 2.90. The summed E-state index contributed by atoms with van der Waals surface area (Å²) in [7, 11) is -3.06. The second-order valence-corrected chi connectivity index (χ2v) is 9.97. The number of sulfonamides is 1. The molecule has 0 saturated carbocycles. The molecule has 196 valence electrons. The summed E-state index contributed by atoms with van der Waals surface area (Å²) < 4.78 is 60.8. The summed E-state index contributed by atoms with van der Waals surface area (Å²) in [4.78, 5) is 10.2. The van der Waals surface area contributed by atoms with Crippen LogP contribution in [0.4, 0.5) is 14.5 Å². The van der Waals surface area contributed by atoms with E-state index in [4.69, 9.17) is 4.74 Å². The third-order valence-corrected chi connectivity index (χ3v) is 7.37. The predicted octanol–water partition coefficient (Wildman–Crippen LogP) is 5.08. The van der Waals surface area contributed by atoms with Gasteiger partial charge in [-0.15, -0.1) is 0 Å². The van der Waals surface area contributed by atoms with E-state index in [0.29, 0.717) is 18.2 Å². The van der Waals surface area contributed by atoms with Gasteiger partial charge in [-0.3, -0.25) is 14.6 Å². The van der Waals surface area contributed by atoms with E-state index in [-0.39, 0.29) is 11.6 Å². The van der Waals surface area contributed by atoms with Crippen molar-refractivity contribution in [3.8, 4) is 28.8 Å². The number of hydrogen-bond donors (Lipinski definition) is 1. The molecule has 2 aromatic carbocycles. The number of anilines is 1. The number of aromatic nitrogens is 2. The Morgan fingerprint density at radius 2 is 1.79 bits per heavy atom. The second-order valence-electron chi connectivity index (χ2n) is 8.31. The average molecular weight is 537 g/mol. The van der Waals surface area contributed by atoms with Crippen LogP contribution in [-0.2, 0) is 10.0 Å². The normalized spacial score (nSPS) is 11.3. The first-order chi connectivity index (χ1) is 18.2. The monoisotopic (exact) mass is 536 g/mol. The van der Waals surface area contributed by atoms with Crippen LogP contribution in [0.15, 0.2) is 65.8 Å². The largest absolute Gasteiger partial charge is 0.480 e. The second kappa shape index (κ2) is 11.5. The van der Waals surface area contributed by atoms with Crippen LogP contribution >= 0.6 is 0 Å². The van der Waals surface area contributed by atoms with E-state index in [1.807, 2.05) is 24.3 Å². The van der Waals surface area contributed by atoms with Crippen LogP contribution in [0.5, 0.6) is 5.88 Å². The number of methoxy groups -OCH3 is 1. The van der Waals surface area contributed by atoms with Gasteiger partial charge < -0.3 is 4.74 Å². The Balaban J connectivity index is 1.72. The first-order valence-electron chi connectivity index (χ1n) is 11.9. The lowest BCUT2D eigenvalue weighted by molar-refractivity contribution is 0.342. The zero-order valence-corrected chi connectivity index (χ0v) is 21.9. The Hall–Kier alpha value is -4.07. The molecule has 0 amide bonds. The molecule has 0 fully saturated rings. The maximum absolute atomic E-state index is 14.2. The first-order valence-corrected chi connectivity index (χ1v) is 13.4. The fourth-order valence-electron chi connectivity index (χ4n) is 3.87.